The summed E-state index contributed by atoms with van der Waals surface area (Å²) in [6.45, 7) is 2.43. The van der Waals surface area contributed by atoms with Gasteiger partial charge in [-0.15, -0.1) is 5.10 Å². The highest BCUT2D eigenvalue weighted by Crippen LogP contribution is 2.17. The lowest BCUT2D eigenvalue weighted by atomic mass is 10.2. The SMILES string of the molecule is CCn1nccc1C(=O)Nc1cccc(NC(=O)c2cc([N+](=O)[O-])[nH]n2)c1. The molecule has 0 bridgehead atoms. The van der Waals surface area contributed by atoms with E-state index in [4.69, 9.17) is 0 Å². The van der Waals surface area contributed by atoms with Crippen LogP contribution in [0.2, 0.25) is 0 Å². The maximum Gasteiger partial charge on any atom is 0.343 e. The molecule has 0 aliphatic rings. The minimum atomic E-state index is -0.680. The van der Waals surface area contributed by atoms with Gasteiger partial charge in [-0.1, -0.05) is 11.2 Å². The van der Waals surface area contributed by atoms with E-state index in [9.17, 15) is 19.7 Å². The van der Waals surface area contributed by atoms with Crippen LogP contribution in [0, 0.1) is 10.1 Å². The highest BCUT2D eigenvalue weighted by atomic mass is 16.6. The van der Waals surface area contributed by atoms with Crippen LogP contribution in [0.1, 0.15) is 27.9 Å². The van der Waals surface area contributed by atoms with E-state index < -0.39 is 10.8 Å². The molecule has 138 valence electrons. The summed E-state index contributed by atoms with van der Waals surface area (Å²) in [5.41, 5.74) is 1.15. The first-order valence-electron chi connectivity index (χ1n) is 7.92. The standard InChI is InChI=1S/C16H15N7O4/c1-2-22-13(6-7-17-22)16(25)19-11-5-3-4-10(8-11)18-15(24)12-9-14(21-20-12)23(26)27/h3-9H,2H2,1H3,(H,18,24)(H,19,25)(H,20,21). The smallest absolute Gasteiger partial charge is 0.343 e. The first-order valence-corrected chi connectivity index (χ1v) is 7.92. The molecular weight excluding hydrogens is 354 g/mol. The van der Waals surface area contributed by atoms with Gasteiger partial charge in [0.15, 0.2) is 5.69 Å². The summed E-state index contributed by atoms with van der Waals surface area (Å²) in [6, 6.07) is 9.13. The third-order valence-corrected chi connectivity index (χ3v) is 3.62. The van der Waals surface area contributed by atoms with Crippen molar-refractivity contribution in [1.29, 1.82) is 0 Å². The Morgan fingerprint density at radius 1 is 1.19 bits per heavy atom. The fourth-order valence-electron chi connectivity index (χ4n) is 2.36. The summed E-state index contributed by atoms with van der Waals surface area (Å²) < 4.78 is 1.56. The largest absolute Gasteiger partial charge is 0.358 e. The monoisotopic (exact) mass is 369 g/mol. The molecule has 27 heavy (non-hydrogen) atoms. The second-order valence-electron chi connectivity index (χ2n) is 5.42. The lowest BCUT2D eigenvalue weighted by Crippen LogP contribution is -2.17. The number of aromatic nitrogens is 4. The molecule has 0 aliphatic heterocycles. The molecule has 0 fully saturated rings. The van der Waals surface area contributed by atoms with Gasteiger partial charge in [-0.3, -0.25) is 14.3 Å². The molecule has 0 atom stereocenters. The number of H-pyrrole nitrogens is 1. The number of anilines is 2. The Kier molecular flexibility index (Phi) is 4.92. The molecule has 11 heteroatoms. The topological polar surface area (TPSA) is 148 Å². The summed E-state index contributed by atoms with van der Waals surface area (Å²) in [6.07, 6.45) is 1.54. The van der Waals surface area contributed by atoms with Crippen molar-refractivity contribution in [2.24, 2.45) is 0 Å². The Balaban J connectivity index is 1.70. The molecule has 0 aliphatic carbocycles. The van der Waals surface area contributed by atoms with Crippen LogP contribution in [0.3, 0.4) is 0 Å². The number of rotatable bonds is 6. The number of nitrogens with zero attached hydrogens (tertiary/aromatic N) is 4. The van der Waals surface area contributed by atoms with Crippen LogP contribution in [0.25, 0.3) is 0 Å². The van der Waals surface area contributed by atoms with Crippen molar-refractivity contribution in [2.75, 3.05) is 10.6 Å². The zero-order valence-corrected chi connectivity index (χ0v) is 14.2. The van der Waals surface area contributed by atoms with Gasteiger partial charge >= 0.3 is 5.82 Å². The van der Waals surface area contributed by atoms with Gasteiger partial charge in [0, 0.05) is 24.1 Å². The fraction of sp³-hybridized carbons (Fsp3) is 0.125. The van der Waals surface area contributed by atoms with Gasteiger partial charge in [-0.05, 0) is 36.1 Å². The van der Waals surface area contributed by atoms with Gasteiger partial charge in [-0.25, -0.2) is 0 Å². The lowest BCUT2D eigenvalue weighted by Gasteiger charge is -2.09. The summed E-state index contributed by atoms with van der Waals surface area (Å²) in [4.78, 5) is 34.4. The van der Waals surface area contributed by atoms with E-state index in [0.717, 1.165) is 6.07 Å². The summed E-state index contributed by atoms with van der Waals surface area (Å²) in [5.74, 6) is -1.33. The predicted molar refractivity (Wildman–Crippen MR) is 95.5 cm³/mol. The number of nitro groups is 1. The number of nitrogens with one attached hydrogen (secondary N) is 3. The normalized spacial score (nSPS) is 10.4. The van der Waals surface area contributed by atoms with Crippen molar-refractivity contribution in [3.63, 3.8) is 0 Å². The number of hydrogen-bond donors (Lipinski definition) is 3. The van der Waals surface area contributed by atoms with Gasteiger partial charge in [0.2, 0.25) is 0 Å². The summed E-state index contributed by atoms with van der Waals surface area (Å²) in [7, 11) is 0. The van der Waals surface area contributed by atoms with Crippen LogP contribution in [-0.2, 0) is 6.54 Å². The number of aryl methyl sites for hydroxylation is 1. The van der Waals surface area contributed by atoms with Crippen molar-refractivity contribution in [1.82, 2.24) is 20.0 Å². The highest BCUT2D eigenvalue weighted by Gasteiger charge is 2.17. The molecular formula is C16H15N7O4. The third kappa shape index (κ3) is 3.98. The second kappa shape index (κ2) is 7.47. The van der Waals surface area contributed by atoms with Crippen molar-refractivity contribution in [2.45, 2.75) is 13.5 Å². The molecule has 3 N–H and O–H groups in total. The van der Waals surface area contributed by atoms with Gasteiger partial charge in [0.05, 0.1) is 6.07 Å². The van der Waals surface area contributed by atoms with Gasteiger partial charge in [0.25, 0.3) is 11.8 Å². The molecule has 0 unspecified atom stereocenters. The van der Waals surface area contributed by atoms with E-state index >= 15 is 0 Å². The highest BCUT2D eigenvalue weighted by molar-refractivity contribution is 6.05. The van der Waals surface area contributed by atoms with Crippen molar-refractivity contribution in [3.8, 4) is 0 Å². The average molecular weight is 369 g/mol. The number of carbonyl (C=O) groups is 2. The van der Waals surface area contributed by atoms with Crippen LogP contribution in [0.4, 0.5) is 17.2 Å². The Labute approximate surface area is 152 Å². The molecule has 3 rings (SSSR count). The summed E-state index contributed by atoms with van der Waals surface area (Å²) >= 11 is 0. The zero-order valence-electron chi connectivity index (χ0n) is 14.2. The van der Waals surface area contributed by atoms with Crippen molar-refractivity contribution in [3.05, 3.63) is 64.1 Å². The molecule has 2 heterocycles. The van der Waals surface area contributed by atoms with Crippen LogP contribution < -0.4 is 10.6 Å². The number of hydrogen-bond acceptors (Lipinski definition) is 6. The minimum absolute atomic E-state index is 0.122. The predicted octanol–water partition coefficient (Wildman–Crippen LogP) is 2.04. The number of amides is 2. The molecule has 0 radical (unpaired) electrons. The molecule has 3 aromatic rings. The van der Waals surface area contributed by atoms with Crippen LogP contribution in [-0.4, -0.2) is 36.7 Å². The van der Waals surface area contributed by atoms with Gasteiger partial charge < -0.3 is 20.7 Å². The maximum absolute atomic E-state index is 12.3. The number of aromatic amines is 1. The molecule has 0 saturated heterocycles. The van der Waals surface area contributed by atoms with Crippen molar-refractivity contribution < 1.29 is 14.5 Å². The quantitative estimate of drug-likeness (QED) is 0.447. The Hall–Kier alpha value is -4.02. The first kappa shape index (κ1) is 17.8. The molecule has 11 nitrogen and oxygen atoms in total. The molecule has 0 saturated carbocycles. The molecule has 1 aromatic carbocycles. The number of benzene rings is 1. The Morgan fingerprint density at radius 2 is 1.89 bits per heavy atom. The molecule has 2 amide bonds. The van der Waals surface area contributed by atoms with Gasteiger partial charge in [-0.2, -0.15) is 5.10 Å². The third-order valence-electron chi connectivity index (χ3n) is 3.62. The van der Waals surface area contributed by atoms with Crippen LogP contribution in [0.15, 0.2) is 42.6 Å². The Bertz CT molecular complexity index is 1010. The first-order chi connectivity index (χ1) is 13.0. The number of carbonyl (C=O) groups excluding carboxylic acids is 2. The van der Waals surface area contributed by atoms with E-state index in [1.807, 2.05) is 6.92 Å². The average Bonchev–Trinajstić information content (AvgIpc) is 3.31. The summed E-state index contributed by atoms with van der Waals surface area (Å²) in [5, 5.41) is 25.7. The second-order valence-corrected chi connectivity index (χ2v) is 5.42. The van der Waals surface area contributed by atoms with E-state index in [0.29, 0.717) is 23.6 Å². The van der Waals surface area contributed by atoms with Gasteiger partial charge in [0.1, 0.15) is 5.69 Å². The van der Waals surface area contributed by atoms with Crippen LogP contribution >= 0.6 is 0 Å². The van der Waals surface area contributed by atoms with E-state index in [2.05, 4.69) is 25.9 Å². The minimum Gasteiger partial charge on any atom is -0.358 e. The molecule has 2 aromatic heterocycles. The van der Waals surface area contributed by atoms with E-state index in [1.54, 1.807) is 35.0 Å². The molecule has 0 spiro atoms. The van der Waals surface area contributed by atoms with E-state index in [-0.39, 0.29) is 17.4 Å². The maximum atomic E-state index is 12.3. The zero-order chi connectivity index (χ0) is 19.4. The van der Waals surface area contributed by atoms with E-state index in [1.165, 1.54) is 6.20 Å². The lowest BCUT2D eigenvalue weighted by molar-refractivity contribution is -0.389. The fourth-order valence-corrected chi connectivity index (χ4v) is 2.36. The van der Waals surface area contributed by atoms with Crippen molar-refractivity contribution >= 4 is 29.0 Å². The van der Waals surface area contributed by atoms with Crippen LogP contribution in [0.5, 0.6) is 0 Å². The Morgan fingerprint density at radius 3 is 2.52 bits per heavy atom.